The smallest absolute Gasteiger partial charge is 0.186 e. The minimum atomic E-state index is 0.415. The van der Waals surface area contributed by atoms with E-state index in [-0.39, 0.29) is 0 Å². The third kappa shape index (κ3) is 7.03. The summed E-state index contributed by atoms with van der Waals surface area (Å²) in [5.74, 6) is 0.809. The van der Waals surface area contributed by atoms with E-state index in [0.29, 0.717) is 10.5 Å². The zero-order chi connectivity index (χ0) is 17.4. The lowest BCUT2D eigenvalue weighted by molar-refractivity contribution is -0.908. The molecule has 2 aliphatic rings. The summed E-state index contributed by atoms with van der Waals surface area (Å²) in [5, 5.41) is 8.42. The van der Waals surface area contributed by atoms with Crippen molar-refractivity contribution in [3.8, 4) is 0 Å². The van der Waals surface area contributed by atoms with Crippen LogP contribution in [-0.4, -0.2) is 50.2 Å². The van der Waals surface area contributed by atoms with Gasteiger partial charge in [-0.3, -0.25) is 5.43 Å². The van der Waals surface area contributed by atoms with Crippen molar-refractivity contribution >= 4 is 23.0 Å². The summed E-state index contributed by atoms with van der Waals surface area (Å²) in [6.07, 6.45) is 5.80. The van der Waals surface area contributed by atoms with Crippen molar-refractivity contribution in [2.75, 3.05) is 39.4 Å². The van der Waals surface area contributed by atoms with Gasteiger partial charge in [-0.15, -0.1) is 0 Å². The Morgan fingerprint density at radius 3 is 2.54 bits per heavy atom. The van der Waals surface area contributed by atoms with E-state index in [9.17, 15) is 0 Å². The lowest BCUT2D eigenvalue weighted by Gasteiger charge is -2.34. The summed E-state index contributed by atoms with van der Waals surface area (Å²) in [6, 6.07) is 0. The first-order valence-electron chi connectivity index (χ1n) is 9.46. The molecule has 0 atom stereocenters. The van der Waals surface area contributed by atoms with Crippen LogP contribution in [0.1, 0.15) is 52.9 Å². The van der Waals surface area contributed by atoms with Crippen LogP contribution in [0.3, 0.4) is 0 Å². The van der Waals surface area contributed by atoms with Crippen molar-refractivity contribution in [3.05, 3.63) is 0 Å². The molecular weight excluding hydrogens is 320 g/mol. The molecule has 1 aliphatic carbocycles. The molecule has 0 unspecified atom stereocenters. The third-order valence-electron chi connectivity index (χ3n) is 5.30. The molecule has 0 aromatic rings. The van der Waals surface area contributed by atoms with Crippen LogP contribution in [0.5, 0.6) is 0 Å². The zero-order valence-corrected chi connectivity index (χ0v) is 16.4. The molecule has 0 amide bonds. The Balaban J connectivity index is 1.56. The largest absolute Gasteiger partial charge is 0.370 e. The van der Waals surface area contributed by atoms with Gasteiger partial charge in [-0.2, -0.15) is 5.10 Å². The predicted molar refractivity (Wildman–Crippen MR) is 104 cm³/mol. The molecule has 0 aromatic heterocycles. The van der Waals surface area contributed by atoms with Crippen molar-refractivity contribution in [1.82, 2.24) is 10.7 Å². The molecule has 2 fully saturated rings. The van der Waals surface area contributed by atoms with E-state index in [1.54, 1.807) is 4.90 Å². The number of hydrazone groups is 1. The van der Waals surface area contributed by atoms with Gasteiger partial charge >= 0.3 is 0 Å². The molecule has 2 rings (SSSR count). The predicted octanol–water partition coefficient (Wildman–Crippen LogP) is 1.35. The van der Waals surface area contributed by atoms with Crippen molar-refractivity contribution in [2.24, 2.45) is 16.4 Å². The SMILES string of the molecule is CC(C)(C)C1CCC(=NNC(=S)NCCC[NH+]2CCOCC2)CC1. The van der Waals surface area contributed by atoms with E-state index < -0.39 is 0 Å². The fourth-order valence-electron chi connectivity index (χ4n) is 3.55. The van der Waals surface area contributed by atoms with Crippen molar-refractivity contribution in [2.45, 2.75) is 52.9 Å². The van der Waals surface area contributed by atoms with Gasteiger partial charge in [0.2, 0.25) is 0 Å². The molecule has 0 bridgehead atoms. The molecule has 5 nitrogen and oxygen atoms in total. The maximum Gasteiger partial charge on any atom is 0.186 e. The van der Waals surface area contributed by atoms with Gasteiger partial charge in [0, 0.05) is 18.7 Å². The monoisotopic (exact) mass is 355 g/mol. The van der Waals surface area contributed by atoms with Crippen LogP contribution in [0.2, 0.25) is 0 Å². The number of hydrogen-bond donors (Lipinski definition) is 3. The Morgan fingerprint density at radius 1 is 1.25 bits per heavy atom. The van der Waals surface area contributed by atoms with Crippen molar-refractivity contribution in [1.29, 1.82) is 0 Å². The van der Waals surface area contributed by atoms with Gasteiger partial charge in [-0.05, 0) is 49.2 Å². The van der Waals surface area contributed by atoms with Crippen LogP contribution in [0.25, 0.3) is 0 Å². The normalized spacial score (nSPS) is 23.0. The third-order valence-corrected chi connectivity index (χ3v) is 5.53. The molecule has 0 radical (unpaired) electrons. The maximum absolute atomic E-state index is 5.38. The molecule has 138 valence electrons. The van der Waals surface area contributed by atoms with Gasteiger partial charge in [0.25, 0.3) is 0 Å². The molecule has 0 aromatic carbocycles. The summed E-state index contributed by atoms with van der Waals surface area (Å²) < 4.78 is 5.38. The van der Waals surface area contributed by atoms with Gasteiger partial charge in [-0.1, -0.05) is 20.8 Å². The quantitative estimate of drug-likeness (QED) is 0.396. The highest BCUT2D eigenvalue weighted by molar-refractivity contribution is 7.80. The van der Waals surface area contributed by atoms with Gasteiger partial charge < -0.3 is 15.0 Å². The number of morpholine rings is 1. The van der Waals surface area contributed by atoms with Crippen LogP contribution < -0.4 is 15.6 Å². The molecule has 1 heterocycles. The van der Waals surface area contributed by atoms with Gasteiger partial charge in [-0.25, -0.2) is 0 Å². The van der Waals surface area contributed by atoms with E-state index in [1.165, 1.54) is 25.1 Å². The second kappa shape index (κ2) is 9.68. The first-order chi connectivity index (χ1) is 11.4. The zero-order valence-electron chi connectivity index (χ0n) is 15.6. The minimum absolute atomic E-state index is 0.415. The highest BCUT2D eigenvalue weighted by atomic mass is 32.1. The standard InChI is InChI=1S/C18H34N4OS/c1-18(2,3)15-5-7-16(8-6-15)20-21-17(24)19-9-4-10-22-11-13-23-14-12-22/h15H,4-14H2,1-3H3,(H2,19,21,24)/p+1. The summed E-state index contributed by atoms with van der Waals surface area (Å²) in [4.78, 5) is 1.64. The summed E-state index contributed by atoms with van der Waals surface area (Å²) in [5.41, 5.74) is 4.70. The molecule has 6 heteroatoms. The number of hydrogen-bond acceptors (Lipinski definition) is 3. The number of nitrogens with zero attached hydrogens (tertiary/aromatic N) is 1. The van der Waals surface area contributed by atoms with Crippen LogP contribution in [-0.2, 0) is 4.74 Å². The molecule has 1 saturated heterocycles. The molecule has 3 N–H and O–H groups in total. The lowest BCUT2D eigenvalue weighted by Crippen LogP contribution is -3.14. The Hall–Kier alpha value is -0.720. The van der Waals surface area contributed by atoms with E-state index in [2.05, 4.69) is 36.6 Å². The molecule has 0 spiro atoms. The van der Waals surface area contributed by atoms with Crippen molar-refractivity contribution < 1.29 is 9.64 Å². The van der Waals surface area contributed by atoms with Crippen LogP contribution in [0.15, 0.2) is 5.10 Å². The lowest BCUT2D eigenvalue weighted by atomic mass is 9.72. The highest BCUT2D eigenvalue weighted by Crippen LogP contribution is 2.36. The molecule has 1 saturated carbocycles. The summed E-state index contributed by atoms with van der Waals surface area (Å²) in [7, 11) is 0. The Bertz CT molecular complexity index is 417. The average molecular weight is 356 g/mol. The van der Waals surface area contributed by atoms with Gasteiger partial charge in [0.05, 0.1) is 19.8 Å². The first-order valence-corrected chi connectivity index (χ1v) is 9.86. The Kier molecular flexibility index (Phi) is 7.91. The van der Waals surface area contributed by atoms with E-state index in [0.717, 1.165) is 58.0 Å². The minimum Gasteiger partial charge on any atom is -0.370 e. The fraction of sp³-hybridized carbons (Fsp3) is 0.889. The number of quaternary nitrogens is 1. The molecular formula is C18H35N4OS+. The fourth-order valence-corrected chi connectivity index (χ4v) is 3.70. The Morgan fingerprint density at radius 2 is 1.92 bits per heavy atom. The second-order valence-corrected chi connectivity index (χ2v) is 8.56. The van der Waals surface area contributed by atoms with Crippen molar-refractivity contribution in [3.63, 3.8) is 0 Å². The van der Waals surface area contributed by atoms with Crippen LogP contribution >= 0.6 is 12.2 Å². The summed E-state index contributed by atoms with van der Waals surface area (Å²) in [6.45, 7) is 13.2. The molecule has 1 aliphatic heterocycles. The van der Waals surface area contributed by atoms with Crippen LogP contribution in [0.4, 0.5) is 0 Å². The highest BCUT2D eigenvalue weighted by Gasteiger charge is 2.28. The molecule has 24 heavy (non-hydrogen) atoms. The van der Waals surface area contributed by atoms with Gasteiger partial charge in [0.1, 0.15) is 13.1 Å². The number of nitrogens with one attached hydrogen (secondary N) is 3. The topological polar surface area (TPSA) is 50.1 Å². The number of thiocarbonyl (C=S) groups is 1. The second-order valence-electron chi connectivity index (χ2n) is 8.15. The number of ether oxygens (including phenoxy) is 1. The Labute approximate surface area is 152 Å². The van der Waals surface area contributed by atoms with E-state index >= 15 is 0 Å². The summed E-state index contributed by atoms with van der Waals surface area (Å²) >= 11 is 5.32. The van der Waals surface area contributed by atoms with E-state index in [1.807, 2.05) is 0 Å². The first kappa shape index (κ1) is 19.6. The average Bonchev–Trinajstić information content (AvgIpc) is 2.57. The number of rotatable bonds is 5. The maximum atomic E-state index is 5.38. The van der Waals surface area contributed by atoms with Crippen LogP contribution in [0, 0.1) is 11.3 Å². The van der Waals surface area contributed by atoms with Gasteiger partial charge in [0.15, 0.2) is 5.11 Å². The van der Waals surface area contributed by atoms with E-state index in [4.69, 9.17) is 17.0 Å².